The first-order valence-electron chi connectivity index (χ1n) is 5.97. The van der Waals surface area contributed by atoms with Crippen molar-refractivity contribution in [2.75, 3.05) is 20.3 Å². The van der Waals surface area contributed by atoms with Crippen molar-refractivity contribution in [1.82, 2.24) is 5.32 Å². The number of benzene rings is 1. The van der Waals surface area contributed by atoms with Crippen LogP contribution in [0.2, 0.25) is 0 Å². The fourth-order valence-corrected chi connectivity index (χ4v) is 1.65. The van der Waals surface area contributed by atoms with Gasteiger partial charge in [-0.3, -0.25) is 0 Å². The molecule has 0 radical (unpaired) electrons. The van der Waals surface area contributed by atoms with Gasteiger partial charge in [0.05, 0.1) is 13.7 Å². The standard InChI is InChI=1S/C13H19NO3/c1-16-12-5-2-10(9-14-11-3-4-11)8-13(12)17-7-6-15/h2,5,8,11,14-15H,3-4,6-7,9H2,1H3. The zero-order chi connectivity index (χ0) is 12.1. The van der Waals surface area contributed by atoms with Gasteiger partial charge in [0.2, 0.25) is 0 Å². The first-order chi connectivity index (χ1) is 8.33. The van der Waals surface area contributed by atoms with Crippen LogP contribution in [0.1, 0.15) is 18.4 Å². The largest absolute Gasteiger partial charge is 0.493 e. The van der Waals surface area contributed by atoms with Gasteiger partial charge in [0, 0.05) is 12.6 Å². The minimum Gasteiger partial charge on any atom is -0.493 e. The minimum atomic E-state index is 0.00764. The van der Waals surface area contributed by atoms with Crippen LogP contribution in [0.4, 0.5) is 0 Å². The molecule has 0 aromatic heterocycles. The molecule has 0 unspecified atom stereocenters. The van der Waals surface area contributed by atoms with E-state index in [0.717, 1.165) is 6.54 Å². The Balaban J connectivity index is 2.00. The molecule has 0 aliphatic heterocycles. The van der Waals surface area contributed by atoms with E-state index in [2.05, 4.69) is 5.32 Å². The van der Waals surface area contributed by atoms with Crippen molar-refractivity contribution < 1.29 is 14.6 Å². The molecule has 1 saturated carbocycles. The number of hydrogen-bond donors (Lipinski definition) is 2. The van der Waals surface area contributed by atoms with Gasteiger partial charge in [-0.2, -0.15) is 0 Å². The summed E-state index contributed by atoms with van der Waals surface area (Å²) in [6.45, 7) is 1.15. The van der Waals surface area contributed by atoms with Crippen molar-refractivity contribution in [3.05, 3.63) is 23.8 Å². The van der Waals surface area contributed by atoms with Crippen LogP contribution in [-0.2, 0) is 6.54 Å². The lowest BCUT2D eigenvalue weighted by molar-refractivity contribution is 0.196. The van der Waals surface area contributed by atoms with E-state index < -0.39 is 0 Å². The van der Waals surface area contributed by atoms with Crippen LogP contribution in [0.5, 0.6) is 11.5 Å². The maximum Gasteiger partial charge on any atom is 0.161 e. The normalized spacial score (nSPS) is 14.7. The molecule has 0 spiro atoms. The van der Waals surface area contributed by atoms with Crippen molar-refractivity contribution in [3.8, 4) is 11.5 Å². The highest BCUT2D eigenvalue weighted by atomic mass is 16.5. The first-order valence-corrected chi connectivity index (χ1v) is 5.97. The number of aliphatic hydroxyl groups is 1. The Kier molecular flexibility index (Phi) is 4.23. The molecule has 2 N–H and O–H groups in total. The predicted molar refractivity (Wildman–Crippen MR) is 65.4 cm³/mol. The molecule has 2 rings (SSSR count). The lowest BCUT2D eigenvalue weighted by atomic mass is 10.2. The van der Waals surface area contributed by atoms with Gasteiger partial charge in [-0.1, -0.05) is 6.07 Å². The number of ether oxygens (including phenoxy) is 2. The SMILES string of the molecule is COc1ccc(CNC2CC2)cc1OCCO. The van der Waals surface area contributed by atoms with Gasteiger partial charge in [0.15, 0.2) is 11.5 Å². The molecule has 0 atom stereocenters. The summed E-state index contributed by atoms with van der Waals surface area (Å²) < 4.78 is 10.6. The number of nitrogens with one attached hydrogen (secondary N) is 1. The Morgan fingerprint density at radius 2 is 2.18 bits per heavy atom. The number of aliphatic hydroxyl groups excluding tert-OH is 1. The van der Waals surface area contributed by atoms with E-state index in [1.165, 1.54) is 18.4 Å². The van der Waals surface area contributed by atoms with E-state index in [1.807, 2.05) is 18.2 Å². The van der Waals surface area contributed by atoms with Gasteiger partial charge in [0.1, 0.15) is 6.61 Å². The van der Waals surface area contributed by atoms with Gasteiger partial charge in [-0.15, -0.1) is 0 Å². The molecule has 0 amide bonds. The Morgan fingerprint density at radius 1 is 1.35 bits per heavy atom. The Morgan fingerprint density at radius 3 is 2.82 bits per heavy atom. The van der Waals surface area contributed by atoms with Gasteiger partial charge >= 0.3 is 0 Å². The average Bonchev–Trinajstić information content (AvgIpc) is 3.18. The summed E-state index contributed by atoms with van der Waals surface area (Å²) >= 11 is 0. The van der Waals surface area contributed by atoms with Gasteiger partial charge < -0.3 is 19.9 Å². The molecule has 4 nitrogen and oxygen atoms in total. The topological polar surface area (TPSA) is 50.7 Å². The molecule has 4 heteroatoms. The van der Waals surface area contributed by atoms with Crippen molar-refractivity contribution in [3.63, 3.8) is 0 Å². The van der Waals surface area contributed by atoms with Crippen LogP contribution in [0.15, 0.2) is 18.2 Å². The van der Waals surface area contributed by atoms with Crippen molar-refractivity contribution in [2.45, 2.75) is 25.4 Å². The molecule has 1 aromatic rings. The number of hydrogen-bond acceptors (Lipinski definition) is 4. The van der Waals surface area contributed by atoms with Crippen LogP contribution in [0.3, 0.4) is 0 Å². The Labute approximate surface area is 102 Å². The summed E-state index contributed by atoms with van der Waals surface area (Å²) in [4.78, 5) is 0. The summed E-state index contributed by atoms with van der Waals surface area (Å²) in [7, 11) is 1.61. The minimum absolute atomic E-state index is 0.00764. The first kappa shape index (κ1) is 12.2. The third-order valence-corrected chi connectivity index (χ3v) is 2.75. The molecule has 0 heterocycles. The molecule has 0 bridgehead atoms. The smallest absolute Gasteiger partial charge is 0.161 e. The van der Waals surface area contributed by atoms with E-state index in [4.69, 9.17) is 14.6 Å². The lowest BCUT2D eigenvalue weighted by Gasteiger charge is -2.12. The molecule has 1 fully saturated rings. The number of methoxy groups -OCH3 is 1. The third kappa shape index (κ3) is 3.61. The highest BCUT2D eigenvalue weighted by Crippen LogP contribution is 2.28. The predicted octanol–water partition coefficient (Wildman–Crippen LogP) is 1.32. The summed E-state index contributed by atoms with van der Waals surface area (Å²) in [6.07, 6.45) is 2.56. The van der Waals surface area contributed by atoms with Crippen molar-refractivity contribution in [1.29, 1.82) is 0 Å². The fraction of sp³-hybridized carbons (Fsp3) is 0.538. The zero-order valence-electron chi connectivity index (χ0n) is 10.1. The van der Waals surface area contributed by atoms with E-state index in [9.17, 15) is 0 Å². The maximum absolute atomic E-state index is 8.77. The molecule has 1 aliphatic carbocycles. The summed E-state index contributed by atoms with van der Waals surface area (Å²) in [5.41, 5.74) is 1.17. The second-order valence-corrected chi connectivity index (χ2v) is 4.21. The second kappa shape index (κ2) is 5.89. The number of rotatable bonds is 7. The van der Waals surface area contributed by atoms with E-state index in [0.29, 0.717) is 17.5 Å². The van der Waals surface area contributed by atoms with Crippen LogP contribution < -0.4 is 14.8 Å². The second-order valence-electron chi connectivity index (χ2n) is 4.21. The van der Waals surface area contributed by atoms with Crippen LogP contribution in [0.25, 0.3) is 0 Å². The average molecular weight is 237 g/mol. The van der Waals surface area contributed by atoms with Gasteiger partial charge in [-0.25, -0.2) is 0 Å². The quantitative estimate of drug-likeness (QED) is 0.751. The van der Waals surface area contributed by atoms with Crippen molar-refractivity contribution >= 4 is 0 Å². The summed E-state index contributed by atoms with van der Waals surface area (Å²) in [6, 6.07) is 6.58. The summed E-state index contributed by atoms with van der Waals surface area (Å²) in [5, 5.41) is 12.2. The summed E-state index contributed by atoms with van der Waals surface area (Å²) in [5.74, 6) is 1.39. The molecule has 1 aliphatic rings. The van der Waals surface area contributed by atoms with Gasteiger partial charge in [-0.05, 0) is 30.5 Å². The lowest BCUT2D eigenvalue weighted by Crippen LogP contribution is -2.15. The molecule has 94 valence electrons. The molecular formula is C13H19NO3. The third-order valence-electron chi connectivity index (χ3n) is 2.75. The Hall–Kier alpha value is -1.26. The highest BCUT2D eigenvalue weighted by molar-refractivity contribution is 5.43. The Bertz CT molecular complexity index is 364. The van der Waals surface area contributed by atoms with Gasteiger partial charge in [0.25, 0.3) is 0 Å². The molecule has 0 saturated heterocycles. The van der Waals surface area contributed by atoms with Crippen LogP contribution in [-0.4, -0.2) is 31.5 Å². The van der Waals surface area contributed by atoms with E-state index >= 15 is 0 Å². The molecule has 1 aromatic carbocycles. The van der Waals surface area contributed by atoms with Crippen LogP contribution in [0, 0.1) is 0 Å². The maximum atomic E-state index is 8.77. The molecular weight excluding hydrogens is 218 g/mol. The monoisotopic (exact) mass is 237 g/mol. The van der Waals surface area contributed by atoms with E-state index in [-0.39, 0.29) is 13.2 Å². The van der Waals surface area contributed by atoms with E-state index in [1.54, 1.807) is 7.11 Å². The van der Waals surface area contributed by atoms with Crippen molar-refractivity contribution in [2.24, 2.45) is 0 Å². The molecule has 17 heavy (non-hydrogen) atoms. The fourth-order valence-electron chi connectivity index (χ4n) is 1.65. The highest BCUT2D eigenvalue weighted by Gasteiger charge is 2.20. The zero-order valence-corrected chi connectivity index (χ0v) is 10.1. The van der Waals surface area contributed by atoms with Crippen LogP contribution >= 0.6 is 0 Å².